The van der Waals surface area contributed by atoms with Crippen molar-refractivity contribution in [1.29, 1.82) is 0 Å². The molecule has 2 aromatic rings. The van der Waals surface area contributed by atoms with Crippen molar-refractivity contribution in [2.75, 3.05) is 11.4 Å². The average molecular weight is 487 g/mol. The standard InChI is InChI=1S/C24H26N2O3S3/c1-12-9-16-17(10-13(12)2)26(24(3,4)20-19(16)23(30)32-31-20)18(27)11-25-21(28)14-7-5-6-8-15(14)22(25)29/h9-10,14-15H,5-8,11H2,1-4H3. The van der Waals surface area contributed by atoms with Crippen molar-refractivity contribution in [3.63, 3.8) is 0 Å². The largest absolute Gasteiger partial charge is 0.300 e. The summed E-state index contributed by atoms with van der Waals surface area (Å²) in [7, 11) is 3.17. The molecular weight excluding hydrogens is 460 g/mol. The smallest absolute Gasteiger partial charge is 0.247 e. The minimum Gasteiger partial charge on any atom is -0.300 e. The number of fused-ring (bicyclic) bond motifs is 4. The third-order valence-corrected chi connectivity index (χ3v) is 10.7. The molecule has 32 heavy (non-hydrogen) atoms. The number of imide groups is 1. The Bertz CT molecular complexity index is 1200. The summed E-state index contributed by atoms with van der Waals surface area (Å²) in [6, 6.07) is 4.15. The maximum Gasteiger partial charge on any atom is 0.247 e. The Morgan fingerprint density at radius 2 is 1.66 bits per heavy atom. The van der Waals surface area contributed by atoms with E-state index in [1.807, 2.05) is 26.8 Å². The van der Waals surface area contributed by atoms with Gasteiger partial charge in [-0.05, 0) is 63.8 Å². The first-order valence-electron chi connectivity index (χ1n) is 11.1. The molecule has 0 spiro atoms. The molecule has 2 aliphatic heterocycles. The summed E-state index contributed by atoms with van der Waals surface area (Å²) in [5.74, 6) is -1.06. The molecule has 1 saturated heterocycles. The molecule has 168 valence electrons. The van der Waals surface area contributed by atoms with E-state index in [9.17, 15) is 14.4 Å². The Morgan fingerprint density at radius 1 is 1.06 bits per heavy atom. The predicted octanol–water partition coefficient (Wildman–Crippen LogP) is 5.58. The first kappa shape index (κ1) is 21.9. The Hall–Kier alpha value is -1.90. The Kier molecular flexibility index (Phi) is 5.18. The Labute approximate surface area is 200 Å². The van der Waals surface area contributed by atoms with E-state index in [4.69, 9.17) is 12.2 Å². The summed E-state index contributed by atoms with van der Waals surface area (Å²) in [5, 5.41) is 0. The SMILES string of the molecule is Cc1cc2c(cc1C)N(C(=O)CN1C(=O)C3CCCCC3C1=O)C(C)(C)c1ssc(=S)c1-2. The molecule has 2 unspecified atom stereocenters. The van der Waals surface area contributed by atoms with Crippen LogP contribution in [0.1, 0.15) is 55.5 Å². The fourth-order valence-electron chi connectivity index (χ4n) is 5.52. The number of aryl methyl sites for hydroxylation is 2. The van der Waals surface area contributed by atoms with Crippen LogP contribution in [0.4, 0.5) is 5.69 Å². The second kappa shape index (κ2) is 7.57. The monoisotopic (exact) mass is 486 g/mol. The van der Waals surface area contributed by atoms with Gasteiger partial charge in [-0.25, -0.2) is 0 Å². The van der Waals surface area contributed by atoms with Crippen molar-refractivity contribution >= 4 is 56.3 Å². The molecule has 0 radical (unpaired) electrons. The van der Waals surface area contributed by atoms with Crippen LogP contribution in [-0.4, -0.2) is 29.2 Å². The number of rotatable bonds is 2. The Morgan fingerprint density at radius 3 is 2.28 bits per heavy atom. The van der Waals surface area contributed by atoms with Gasteiger partial charge in [-0.15, -0.1) is 0 Å². The van der Waals surface area contributed by atoms with Crippen LogP contribution >= 0.6 is 32.9 Å². The van der Waals surface area contributed by atoms with Crippen molar-refractivity contribution < 1.29 is 14.4 Å². The van der Waals surface area contributed by atoms with Gasteiger partial charge in [-0.1, -0.05) is 45.7 Å². The molecule has 3 aliphatic rings. The lowest BCUT2D eigenvalue weighted by Gasteiger charge is -2.43. The summed E-state index contributed by atoms with van der Waals surface area (Å²) in [4.78, 5) is 43.9. The molecule has 0 N–H and O–H groups in total. The lowest BCUT2D eigenvalue weighted by Crippen LogP contribution is -2.52. The van der Waals surface area contributed by atoms with Gasteiger partial charge in [0.15, 0.2) is 0 Å². The Balaban J connectivity index is 1.57. The summed E-state index contributed by atoms with van der Waals surface area (Å²) < 4.78 is 0.837. The highest BCUT2D eigenvalue weighted by molar-refractivity contribution is 7.80. The number of amides is 3. The predicted molar refractivity (Wildman–Crippen MR) is 131 cm³/mol. The van der Waals surface area contributed by atoms with Gasteiger partial charge in [-0.2, -0.15) is 0 Å². The van der Waals surface area contributed by atoms with E-state index in [0.29, 0.717) is 0 Å². The number of likely N-dealkylation sites (tertiary alicyclic amines) is 1. The minimum absolute atomic E-state index is 0.171. The van der Waals surface area contributed by atoms with Crippen LogP contribution in [0.5, 0.6) is 0 Å². The molecule has 5 nitrogen and oxygen atoms in total. The van der Waals surface area contributed by atoms with Gasteiger partial charge < -0.3 is 0 Å². The van der Waals surface area contributed by atoms with E-state index in [1.165, 1.54) is 4.90 Å². The third-order valence-electron chi connectivity index (χ3n) is 7.34. The van der Waals surface area contributed by atoms with Gasteiger partial charge in [0.05, 0.1) is 27.9 Å². The van der Waals surface area contributed by atoms with Crippen molar-refractivity contribution in [2.45, 2.75) is 58.9 Å². The number of hydrogen-bond acceptors (Lipinski definition) is 6. The molecule has 5 rings (SSSR count). The fourth-order valence-corrected chi connectivity index (χ4v) is 8.80. The number of hydrogen-bond donors (Lipinski definition) is 0. The molecule has 2 atom stereocenters. The summed E-state index contributed by atoms with van der Waals surface area (Å²) in [6.45, 7) is 7.93. The molecule has 1 aromatic carbocycles. The highest BCUT2D eigenvalue weighted by Gasteiger charge is 2.50. The molecule has 3 heterocycles. The number of nitrogens with zero attached hydrogens (tertiary/aromatic N) is 2. The molecular formula is C24H26N2O3S3. The summed E-state index contributed by atoms with van der Waals surface area (Å²) >= 11 is 5.66. The first-order valence-corrected chi connectivity index (χ1v) is 13.6. The van der Waals surface area contributed by atoms with E-state index in [0.717, 1.165) is 62.3 Å². The zero-order valence-electron chi connectivity index (χ0n) is 18.7. The van der Waals surface area contributed by atoms with E-state index in [-0.39, 0.29) is 36.1 Å². The molecule has 1 aromatic heterocycles. The number of anilines is 1. The van der Waals surface area contributed by atoms with Gasteiger partial charge >= 0.3 is 0 Å². The lowest BCUT2D eigenvalue weighted by molar-refractivity contribution is -0.143. The van der Waals surface area contributed by atoms with Crippen LogP contribution in [0.3, 0.4) is 0 Å². The van der Waals surface area contributed by atoms with Crippen LogP contribution in [0.25, 0.3) is 11.1 Å². The van der Waals surface area contributed by atoms with Crippen molar-refractivity contribution in [3.8, 4) is 11.1 Å². The molecule has 1 aliphatic carbocycles. The number of carbonyl (C=O) groups is 3. The summed E-state index contributed by atoms with van der Waals surface area (Å²) in [5.41, 5.74) is 4.42. The normalized spacial score (nSPS) is 23.8. The molecule has 0 bridgehead atoms. The number of benzene rings is 1. The van der Waals surface area contributed by atoms with Crippen LogP contribution < -0.4 is 4.90 Å². The summed E-state index contributed by atoms with van der Waals surface area (Å²) in [6.07, 6.45) is 3.44. The van der Waals surface area contributed by atoms with Crippen LogP contribution in [0, 0.1) is 29.5 Å². The molecule has 3 amide bonds. The third kappa shape index (κ3) is 3.06. The van der Waals surface area contributed by atoms with Gasteiger partial charge in [0.1, 0.15) is 10.4 Å². The van der Waals surface area contributed by atoms with Gasteiger partial charge in [0, 0.05) is 11.1 Å². The van der Waals surface area contributed by atoms with E-state index >= 15 is 0 Å². The highest BCUT2D eigenvalue weighted by atomic mass is 32.9. The topological polar surface area (TPSA) is 57.7 Å². The molecule has 8 heteroatoms. The molecule has 1 saturated carbocycles. The van der Waals surface area contributed by atoms with Crippen molar-refractivity contribution in [3.05, 3.63) is 32.0 Å². The fraction of sp³-hybridized carbons (Fsp3) is 0.500. The highest BCUT2D eigenvalue weighted by Crippen LogP contribution is 2.52. The average Bonchev–Trinajstić information content (AvgIpc) is 3.25. The number of carbonyl (C=O) groups excluding carboxylic acids is 3. The van der Waals surface area contributed by atoms with Gasteiger partial charge in [0.25, 0.3) is 0 Å². The van der Waals surface area contributed by atoms with Crippen LogP contribution in [0.2, 0.25) is 0 Å². The second-order valence-corrected chi connectivity index (χ2v) is 12.5. The first-order chi connectivity index (χ1) is 15.1. The minimum atomic E-state index is -0.627. The van der Waals surface area contributed by atoms with Gasteiger partial charge in [0.2, 0.25) is 17.7 Å². The maximum atomic E-state index is 13.8. The zero-order valence-corrected chi connectivity index (χ0v) is 21.1. The van der Waals surface area contributed by atoms with E-state index in [2.05, 4.69) is 13.0 Å². The second-order valence-electron chi connectivity index (χ2n) is 9.66. The maximum absolute atomic E-state index is 13.8. The zero-order chi connectivity index (χ0) is 22.9. The van der Waals surface area contributed by atoms with Crippen LogP contribution in [0.15, 0.2) is 12.1 Å². The van der Waals surface area contributed by atoms with Crippen LogP contribution in [-0.2, 0) is 19.9 Å². The van der Waals surface area contributed by atoms with E-state index < -0.39 is 5.54 Å². The van der Waals surface area contributed by atoms with Crippen molar-refractivity contribution in [2.24, 2.45) is 11.8 Å². The quantitative estimate of drug-likeness (QED) is 0.316. The molecule has 2 fully saturated rings. The van der Waals surface area contributed by atoms with Crippen molar-refractivity contribution in [1.82, 2.24) is 4.90 Å². The lowest BCUT2D eigenvalue weighted by atomic mass is 9.81. The van der Waals surface area contributed by atoms with Gasteiger partial charge in [-0.3, -0.25) is 24.2 Å². The van der Waals surface area contributed by atoms with E-state index in [1.54, 1.807) is 25.6 Å².